The lowest BCUT2D eigenvalue weighted by Gasteiger charge is -2.16. The number of nitrogens with two attached hydrogens (primary N) is 2. The van der Waals surface area contributed by atoms with Crippen LogP contribution in [0.4, 0.5) is 5.69 Å². The summed E-state index contributed by atoms with van der Waals surface area (Å²) in [4.78, 5) is 0. The molecule has 5 heteroatoms. The molecule has 1 aromatic rings. The highest BCUT2D eigenvalue weighted by atomic mass is 16.5. The normalized spacial score (nSPS) is 9.69. The molecule has 0 spiro atoms. The molecule has 0 aliphatic heterocycles. The van der Waals surface area contributed by atoms with Gasteiger partial charge in [0.2, 0.25) is 5.96 Å². The minimum atomic E-state index is -0.430. The standard InChI is InChI=1S/C8H12N4O/c9-5-6-3-1-2-4-7(6)12(13)8(10)11/h1-4,13H,5,9H2,(H3,10,11). The van der Waals surface area contributed by atoms with E-state index in [9.17, 15) is 5.21 Å². The molecule has 0 radical (unpaired) electrons. The maximum Gasteiger partial charge on any atom is 0.217 e. The molecule has 0 unspecified atom stereocenters. The van der Waals surface area contributed by atoms with Crippen LogP contribution in [-0.4, -0.2) is 11.2 Å². The Hall–Kier alpha value is -1.59. The summed E-state index contributed by atoms with van der Waals surface area (Å²) in [5, 5.41) is 17.0. The molecule has 0 aliphatic carbocycles. The van der Waals surface area contributed by atoms with E-state index in [0.29, 0.717) is 17.3 Å². The SMILES string of the molecule is N=C(N)N(O)c1ccccc1CN. The topological polar surface area (TPSA) is 99.4 Å². The zero-order valence-corrected chi connectivity index (χ0v) is 7.07. The van der Waals surface area contributed by atoms with Gasteiger partial charge in [0.05, 0.1) is 5.69 Å². The van der Waals surface area contributed by atoms with Gasteiger partial charge in [-0.25, -0.2) is 0 Å². The van der Waals surface area contributed by atoms with Crippen molar-refractivity contribution >= 4 is 11.6 Å². The number of anilines is 1. The number of rotatable bonds is 2. The predicted molar refractivity (Wildman–Crippen MR) is 50.5 cm³/mol. The Balaban J connectivity index is 3.05. The highest BCUT2D eigenvalue weighted by Crippen LogP contribution is 2.17. The summed E-state index contributed by atoms with van der Waals surface area (Å²) in [6, 6.07) is 6.95. The first-order chi connectivity index (χ1) is 6.16. The van der Waals surface area contributed by atoms with Crippen molar-refractivity contribution in [3.05, 3.63) is 29.8 Å². The van der Waals surface area contributed by atoms with Crippen molar-refractivity contribution < 1.29 is 5.21 Å². The highest BCUT2D eigenvalue weighted by molar-refractivity contribution is 5.90. The van der Waals surface area contributed by atoms with E-state index < -0.39 is 5.96 Å². The quantitative estimate of drug-likeness (QED) is 0.297. The van der Waals surface area contributed by atoms with Crippen molar-refractivity contribution in [1.82, 2.24) is 0 Å². The number of nitrogens with zero attached hydrogens (tertiary/aromatic N) is 1. The van der Waals surface area contributed by atoms with Crippen LogP contribution in [0.1, 0.15) is 5.56 Å². The number of hydrogen-bond donors (Lipinski definition) is 4. The summed E-state index contributed by atoms with van der Waals surface area (Å²) in [6.07, 6.45) is 0. The van der Waals surface area contributed by atoms with Crippen molar-refractivity contribution in [2.45, 2.75) is 6.54 Å². The number of nitrogens with one attached hydrogen (secondary N) is 1. The molecule has 0 saturated carbocycles. The maximum absolute atomic E-state index is 9.34. The van der Waals surface area contributed by atoms with Crippen LogP contribution in [0.15, 0.2) is 24.3 Å². The molecule has 0 bridgehead atoms. The second-order valence-corrected chi connectivity index (χ2v) is 2.53. The van der Waals surface area contributed by atoms with E-state index >= 15 is 0 Å². The zero-order chi connectivity index (χ0) is 9.84. The average molecular weight is 180 g/mol. The van der Waals surface area contributed by atoms with Gasteiger partial charge in [0.15, 0.2) is 0 Å². The lowest BCUT2D eigenvalue weighted by atomic mass is 10.2. The Bertz CT molecular complexity index is 313. The van der Waals surface area contributed by atoms with E-state index in [2.05, 4.69) is 0 Å². The minimum Gasteiger partial charge on any atom is -0.368 e. The van der Waals surface area contributed by atoms with Crippen LogP contribution in [-0.2, 0) is 6.54 Å². The van der Waals surface area contributed by atoms with Crippen LogP contribution >= 0.6 is 0 Å². The Morgan fingerprint density at radius 2 is 2.08 bits per heavy atom. The lowest BCUT2D eigenvalue weighted by molar-refractivity contribution is 0.309. The Labute approximate surface area is 76.0 Å². The van der Waals surface area contributed by atoms with E-state index in [1.54, 1.807) is 24.3 Å². The molecule has 0 amide bonds. The average Bonchev–Trinajstić information content (AvgIpc) is 2.16. The smallest absolute Gasteiger partial charge is 0.217 e. The van der Waals surface area contributed by atoms with Gasteiger partial charge in [0, 0.05) is 6.54 Å². The number of hydrogen-bond acceptors (Lipinski definition) is 3. The van der Waals surface area contributed by atoms with E-state index in [4.69, 9.17) is 16.9 Å². The molecule has 0 heterocycles. The van der Waals surface area contributed by atoms with Crippen LogP contribution in [0.3, 0.4) is 0 Å². The molecule has 5 nitrogen and oxygen atoms in total. The molecule has 1 aromatic carbocycles. The fourth-order valence-corrected chi connectivity index (χ4v) is 1.02. The van der Waals surface area contributed by atoms with Crippen LogP contribution in [0, 0.1) is 5.41 Å². The summed E-state index contributed by atoms with van der Waals surface area (Å²) in [5.74, 6) is -0.430. The first kappa shape index (κ1) is 9.50. The molecule has 0 aromatic heterocycles. The molecule has 0 atom stereocenters. The number of guanidine groups is 1. The van der Waals surface area contributed by atoms with Crippen LogP contribution in [0.2, 0.25) is 0 Å². The van der Waals surface area contributed by atoms with Gasteiger partial charge in [-0.2, -0.15) is 5.06 Å². The van der Waals surface area contributed by atoms with Gasteiger partial charge in [0.25, 0.3) is 0 Å². The van der Waals surface area contributed by atoms with Gasteiger partial charge in [0.1, 0.15) is 0 Å². The molecular formula is C8H12N4O. The molecular weight excluding hydrogens is 168 g/mol. The molecule has 0 saturated heterocycles. The minimum absolute atomic E-state index is 0.292. The van der Waals surface area contributed by atoms with Crippen LogP contribution in [0.5, 0.6) is 0 Å². The van der Waals surface area contributed by atoms with E-state index in [1.165, 1.54) is 0 Å². The predicted octanol–water partition coefficient (Wildman–Crippen LogP) is 0.234. The second kappa shape index (κ2) is 3.88. The van der Waals surface area contributed by atoms with E-state index in [-0.39, 0.29) is 0 Å². The van der Waals surface area contributed by atoms with Gasteiger partial charge in [-0.1, -0.05) is 18.2 Å². The van der Waals surface area contributed by atoms with Gasteiger partial charge in [-0.3, -0.25) is 10.6 Å². The zero-order valence-electron chi connectivity index (χ0n) is 7.07. The molecule has 13 heavy (non-hydrogen) atoms. The van der Waals surface area contributed by atoms with Crippen molar-refractivity contribution in [2.24, 2.45) is 11.5 Å². The summed E-state index contributed by atoms with van der Waals surface area (Å²) >= 11 is 0. The first-order valence-corrected chi connectivity index (χ1v) is 3.78. The number of benzene rings is 1. The van der Waals surface area contributed by atoms with Crippen molar-refractivity contribution in [3.63, 3.8) is 0 Å². The third kappa shape index (κ3) is 1.95. The number of hydroxylamine groups is 1. The van der Waals surface area contributed by atoms with Gasteiger partial charge in [-0.05, 0) is 11.6 Å². The van der Waals surface area contributed by atoms with E-state index in [1.807, 2.05) is 0 Å². The largest absolute Gasteiger partial charge is 0.368 e. The van der Waals surface area contributed by atoms with Gasteiger partial charge in [-0.15, -0.1) is 0 Å². The molecule has 1 rings (SSSR count). The maximum atomic E-state index is 9.34. The van der Waals surface area contributed by atoms with Crippen molar-refractivity contribution in [2.75, 3.05) is 5.06 Å². The van der Waals surface area contributed by atoms with Crippen LogP contribution in [0.25, 0.3) is 0 Å². The Morgan fingerprint density at radius 3 is 2.62 bits per heavy atom. The van der Waals surface area contributed by atoms with Crippen molar-refractivity contribution in [3.8, 4) is 0 Å². The molecule has 70 valence electrons. The summed E-state index contributed by atoms with van der Waals surface area (Å²) in [5.41, 5.74) is 11.7. The van der Waals surface area contributed by atoms with Crippen molar-refractivity contribution in [1.29, 1.82) is 5.41 Å². The molecule has 6 N–H and O–H groups in total. The monoisotopic (exact) mass is 180 g/mol. The fraction of sp³-hybridized carbons (Fsp3) is 0.125. The molecule has 0 aliphatic rings. The van der Waals surface area contributed by atoms with Gasteiger partial charge < -0.3 is 11.5 Å². The first-order valence-electron chi connectivity index (χ1n) is 3.78. The molecule has 0 fully saturated rings. The fourth-order valence-electron chi connectivity index (χ4n) is 1.02. The lowest BCUT2D eigenvalue weighted by Crippen LogP contribution is -2.34. The van der Waals surface area contributed by atoms with E-state index in [0.717, 1.165) is 5.56 Å². The van der Waals surface area contributed by atoms with Crippen LogP contribution < -0.4 is 16.5 Å². The summed E-state index contributed by atoms with van der Waals surface area (Å²) in [7, 11) is 0. The highest BCUT2D eigenvalue weighted by Gasteiger charge is 2.08. The third-order valence-electron chi connectivity index (χ3n) is 1.67. The summed E-state index contributed by atoms with van der Waals surface area (Å²) < 4.78 is 0. The Kier molecular flexibility index (Phi) is 2.84. The third-order valence-corrected chi connectivity index (χ3v) is 1.67. The summed E-state index contributed by atoms with van der Waals surface area (Å²) in [6.45, 7) is 0.292. The Morgan fingerprint density at radius 1 is 1.46 bits per heavy atom. The van der Waals surface area contributed by atoms with Gasteiger partial charge >= 0.3 is 0 Å². The second-order valence-electron chi connectivity index (χ2n) is 2.53. The number of para-hydroxylation sites is 1.